The molecule has 106 valence electrons. The predicted octanol–water partition coefficient (Wildman–Crippen LogP) is 3.15. The first-order chi connectivity index (χ1) is 8.73. The van der Waals surface area contributed by atoms with Crippen LogP contribution in [0.3, 0.4) is 0 Å². The predicted molar refractivity (Wildman–Crippen MR) is 76.9 cm³/mol. The minimum absolute atomic E-state index is 0.325. The molecule has 0 saturated carbocycles. The van der Waals surface area contributed by atoms with Crippen molar-refractivity contribution in [1.29, 1.82) is 0 Å². The standard InChI is InChI=1S/C13H20N2O3S/c1-6-14-12(17)15-10-9(7-8(2)19-10)11(16)18-13(3,4)5/h7H,6H2,1-5H3,(H2,14,15,17). The molecule has 2 N–H and O–H groups in total. The second kappa shape index (κ2) is 6.06. The maximum atomic E-state index is 12.0. The number of amides is 2. The summed E-state index contributed by atoms with van der Waals surface area (Å²) in [5.74, 6) is -0.427. The highest BCUT2D eigenvalue weighted by Gasteiger charge is 2.22. The quantitative estimate of drug-likeness (QED) is 0.838. The number of esters is 1. The molecule has 1 aromatic rings. The molecule has 1 aromatic heterocycles. The van der Waals surface area contributed by atoms with Gasteiger partial charge in [-0.1, -0.05) is 0 Å². The highest BCUT2D eigenvalue weighted by Crippen LogP contribution is 2.29. The summed E-state index contributed by atoms with van der Waals surface area (Å²) in [4.78, 5) is 24.5. The normalized spacial score (nSPS) is 11.0. The Morgan fingerprint density at radius 1 is 1.37 bits per heavy atom. The van der Waals surface area contributed by atoms with E-state index in [1.807, 2.05) is 13.8 Å². The van der Waals surface area contributed by atoms with Crippen molar-refractivity contribution in [3.8, 4) is 0 Å². The first-order valence-corrected chi connectivity index (χ1v) is 6.93. The van der Waals surface area contributed by atoms with E-state index < -0.39 is 11.6 Å². The third kappa shape index (κ3) is 4.90. The van der Waals surface area contributed by atoms with Gasteiger partial charge in [0.1, 0.15) is 10.6 Å². The Hall–Kier alpha value is -1.56. The van der Waals surface area contributed by atoms with Gasteiger partial charge in [0.25, 0.3) is 0 Å². The summed E-state index contributed by atoms with van der Waals surface area (Å²) in [6.07, 6.45) is 0. The molecular formula is C13H20N2O3S. The lowest BCUT2D eigenvalue weighted by molar-refractivity contribution is 0.00712. The lowest BCUT2D eigenvalue weighted by Crippen LogP contribution is -2.29. The zero-order chi connectivity index (χ0) is 14.6. The zero-order valence-corrected chi connectivity index (χ0v) is 12.7. The van der Waals surface area contributed by atoms with Gasteiger partial charge in [0.05, 0.1) is 5.56 Å². The second-order valence-electron chi connectivity index (χ2n) is 5.09. The molecule has 0 aliphatic rings. The van der Waals surface area contributed by atoms with E-state index >= 15 is 0 Å². The summed E-state index contributed by atoms with van der Waals surface area (Å²) in [6.45, 7) is 9.65. The topological polar surface area (TPSA) is 67.4 Å². The fourth-order valence-corrected chi connectivity index (χ4v) is 2.29. The van der Waals surface area contributed by atoms with E-state index in [0.29, 0.717) is 17.1 Å². The Balaban J connectivity index is 2.89. The van der Waals surface area contributed by atoms with Gasteiger partial charge in [-0.2, -0.15) is 0 Å². The summed E-state index contributed by atoms with van der Waals surface area (Å²) < 4.78 is 5.32. The van der Waals surface area contributed by atoms with Crippen molar-refractivity contribution in [2.75, 3.05) is 11.9 Å². The van der Waals surface area contributed by atoms with E-state index in [2.05, 4.69) is 10.6 Å². The Morgan fingerprint density at radius 2 is 2.00 bits per heavy atom. The van der Waals surface area contributed by atoms with Crippen LogP contribution >= 0.6 is 11.3 Å². The van der Waals surface area contributed by atoms with Crippen molar-refractivity contribution in [1.82, 2.24) is 5.32 Å². The number of hydrogen-bond donors (Lipinski definition) is 2. The van der Waals surface area contributed by atoms with Crippen LogP contribution in [-0.4, -0.2) is 24.1 Å². The SMILES string of the molecule is CCNC(=O)Nc1sc(C)cc1C(=O)OC(C)(C)C. The van der Waals surface area contributed by atoms with Crippen molar-refractivity contribution < 1.29 is 14.3 Å². The Bertz CT molecular complexity index is 475. The fourth-order valence-electron chi connectivity index (χ4n) is 1.40. The average Bonchev–Trinajstić information content (AvgIpc) is 2.57. The fraction of sp³-hybridized carbons (Fsp3) is 0.538. The van der Waals surface area contributed by atoms with Crippen LogP contribution in [-0.2, 0) is 4.74 Å². The van der Waals surface area contributed by atoms with Crippen LogP contribution < -0.4 is 10.6 Å². The molecule has 0 fully saturated rings. The highest BCUT2D eigenvalue weighted by atomic mass is 32.1. The average molecular weight is 284 g/mol. The van der Waals surface area contributed by atoms with Gasteiger partial charge in [-0.3, -0.25) is 5.32 Å². The number of carbonyl (C=O) groups excluding carboxylic acids is 2. The number of aryl methyl sites for hydroxylation is 1. The Morgan fingerprint density at radius 3 is 2.53 bits per heavy atom. The van der Waals surface area contributed by atoms with Crippen molar-refractivity contribution in [2.45, 2.75) is 40.2 Å². The molecule has 0 radical (unpaired) electrons. The molecule has 1 rings (SSSR count). The van der Waals surface area contributed by atoms with E-state index in [4.69, 9.17) is 4.74 Å². The first kappa shape index (κ1) is 15.5. The molecule has 0 aromatic carbocycles. The lowest BCUT2D eigenvalue weighted by Gasteiger charge is -2.19. The molecule has 1 heterocycles. The number of anilines is 1. The number of thiophene rings is 1. The third-order valence-electron chi connectivity index (χ3n) is 2.04. The monoisotopic (exact) mass is 284 g/mol. The van der Waals surface area contributed by atoms with E-state index in [0.717, 1.165) is 4.88 Å². The minimum atomic E-state index is -0.560. The summed E-state index contributed by atoms with van der Waals surface area (Å²) in [6, 6.07) is 1.40. The van der Waals surface area contributed by atoms with E-state index in [9.17, 15) is 9.59 Å². The number of carbonyl (C=O) groups is 2. The summed E-state index contributed by atoms with van der Waals surface area (Å²) in [7, 11) is 0. The zero-order valence-electron chi connectivity index (χ0n) is 11.9. The van der Waals surface area contributed by atoms with Crippen LogP contribution in [0.15, 0.2) is 6.07 Å². The Kier molecular flexibility index (Phi) is 4.94. The van der Waals surface area contributed by atoms with Crippen molar-refractivity contribution in [3.05, 3.63) is 16.5 Å². The summed E-state index contributed by atoms with van der Waals surface area (Å²) in [5, 5.41) is 5.80. The maximum Gasteiger partial charge on any atom is 0.341 e. The van der Waals surface area contributed by atoms with Gasteiger partial charge in [0, 0.05) is 11.4 Å². The minimum Gasteiger partial charge on any atom is -0.456 e. The van der Waals surface area contributed by atoms with Crippen LogP contribution in [0.5, 0.6) is 0 Å². The number of rotatable bonds is 3. The summed E-state index contributed by atoms with van der Waals surface area (Å²) in [5.41, 5.74) is -0.167. The van der Waals surface area contributed by atoms with Gasteiger partial charge in [0.2, 0.25) is 0 Å². The van der Waals surface area contributed by atoms with Crippen LogP contribution in [0.4, 0.5) is 9.80 Å². The van der Waals surface area contributed by atoms with E-state index in [1.54, 1.807) is 26.8 Å². The van der Waals surface area contributed by atoms with E-state index in [-0.39, 0.29) is 6.03 Å². The second-order valence-corrected chi connectivity index (χ2v) is 6.34. The molecule has 6 heteroatoms. The highest BCUT2D eigenvalue weighted by molar-refractivity contribution is 7.16. The van der Waals surface area contributed by atoms with Crippen LogP contribution in [0.1, 0.15) is 42.9 Å². The van der Waals surface area contributed by atoms with Gasteiger partial charge < -0.3 is 10.1 Å². The van der Waals surface area contributed by atoms with Gasteiger partial charge in [-0.15, -0.1) is 11.3 Å². The van der Waals surface area contributed by atoms with Gasteiger partial charge in [0.15, 0.2) is 0 Å². The van der Waals surface area contributed by atoms with Crippen molar-refractivity contribution >= 4 is 28.3 Å². The molecule has 19 heavy (non-hydrogen) atoms. The molecule has 0 unspecified atom stereocenters. The molecule has 2 amide bonds. The van der Waals surface area contributed by atoms with Gasteiger partial charge in [-0.05, 0) is 40.7 Å². The molecule has 0 bridgehead atoms. The maximum absolute atomic E-state index is 12.0. The Labute approximate surface area is 117 Å². The summed E-state index contributed by atoms with van der Waals surface area (Å²) >= 11 is 1.35. The molecule has 0 aliphatic carbocycles. The first-order valence-electron chi connectivity index (χ1n) is 6.11. The van der Waals surface area contributed by atoms with Crippen molar-refractivity contribution in [2.24, 2.45) is 0 Å². The lowest BCUT2D eigenvalue weighted by atomic mass is 10.2. The van der Waals surface area contributed by atoms with Crippen LogP contribution in [0, 0.1) is 6.92 Å². The number of hydrogen-bond acceptors (Lipinski definition) is 4. The van der Waals surface area contributed by atoms with Gasteiger partial charge >= 0.3 is 12.0 Å². The molecule has 0 saturated heterocycles. The number of urea groups is 1. The molecule has 0 spiro atoms. The molecule has 0 atom stereocenters. The van der Waals surface area contributed by atoms with E-state index in [1.165, 1.54) is 11.3 Å². The molecule has 5 nitrogen and oxygen atoms in total. The molecule has 0 aliphatic heterocycles. The third-order valence-corrected chi connectivity index (χ3v) is 3.00. The molecular weight excluding hydrogens is 264 g/mol. The van der Waals surface area contributed by atoms with Crippen LogP contribution in [0.25, 0.3) is 0 Å². The largest absolute Gasteiger partial charge is 0.456 e. The van der Waals surface area contributed by atoms with Gasteiger partial charge in [-0.25, -0.2) is 9.59 Å². The number of nitrogens with one attached hydrogen (secondary N) is 2. The van der Waals surface area contributed by atoms with Crippen molar-refractivity contribution in [3.63, 3.8) is 0 Å². The number of ether oxygens (including phenoxy) is 1. The smallest absolute Gasteiger partial charge is 0.341 e. The van der Waals surface area contributed by atoms with Crippen LogP contribution in [0.2, 0.25) is 0 Å².